The number of nitrogen functional groups attached to an aromatic ring is 1. The molecule has 0 radical (unpaired) electrons. The van der Waals surface area contributed by atoms with E-state index in [1.165, 1.54) is 0 Å². The van der Waals surface area contributed by atoms with Gasteiger partial charge in [0.15, 0.2) is 0 Å². The van der Waals surface area contributed by atoms with Crippen LogP contribution in [0.25, 0.3) is 21.7 Å². The first kappa shape index (κ1) is 15.2. The smallest absolute Gasteiger partial charge is 0.142 e. The van der Waals surface area contributed by atoms with Crippen LogP contribution in [0.3, 0.4) is 0 Å². The lowest BCUT2D eigenvalue weighted by molar-refractivity contribution is 1.31. The van der Waals surface area contributed by atoms with Gasteiger partial charge in [0, 0.05) is 20.5 Å². The van der Waals surface area contributed by atoms with E-state index in [1.807, 2.05) is 42.5 Å². The van der Waals surface area contributed by atoms with Crippen molar-refractivity contribution in [1.29, 1.82) is 5.26 Å². The van der Waals surface area contributed by atoms with Crippen LogP contribution in [0.2, 0.25) is 0 Å². The van der Waals surface area contributed by atoms with E-state index in [-0.39, 0.29) is 5.82 Å². The maximum Gasteiger partial charge on any atom is 0.142 e. The summed E-state index contributed by atoms with van der Waals surface area (Å²) in [6, 6.07) is 15.8. The molecule has 3 rings (SSSR count). The maximum absolute atomic E-state index is 9.40. The second kappa shape index (κ2) is 6.21. The van der Waals surface area contributed by atoms with Gasteiger partial charge >= 0.3 is 0 Å². The van der Waals surface area contributed by atoms with E-state index < -0.39 is 0 Å². The first-order valence-corrected chi connectivity index (χ1v) is 8.71. The van der Waals surface area contributed by atoms with Crippen LogP contribution in [0.5, 0.6) is 0 Å². The third kappa shape index (κ3) is 2.80. The topological polar surface area (TPSA) is 62.7 Å². The van der Waals surface area contributed by atoms with Crippen LogP contribution in [0.4, 0.5) is 5.82 Å². The summed E-state index contributed by atoms with van der Waals surface area (Å²) in [5.74, 6) is 0.246. The third-order valence-electron chi connectivity index (χ3n) is 3.15. The first-order valence-electron chi connectivity index (χ1n) is 6.31. The predicted octanol–water partition coefficient (Wildman–Crippen LogP) is 5.46. The molecule has 108 valence electrons. The predicted molar refractivity (Wildman–Crippen MR) is 97.5 cm³/mol. The number of nitrogens with two attached hydrogens (primary N) is 1. The van der Waals surface area contributed by atoms with E-state index in [0.29, 0.717) is 5.56 Å². The highest BCUT2D eigenvalue weighted by Crippen LogP contribution is 2.37. The zero-order chi connectivity index (χ0) is 15.7. The zero-order valence-electron chi connectivity index (χ0n) is 11.2. The van der Waals surface area contributed by atoms with E-state index in [0.717, 1.165) is 30.0 Å². The highest BCUT2D eigenvalue weighted by atomic mass is 79.9. The van der Waals surface area contributed by atoms with E-state index in [1.54, 1.807) is 11.3 Å². The molecule has 0 saturated heterocycles. The molecule has 0 amide bonds. The van der Waals surface area contributed by atoms with Gasteiger partial charge in [-0.05, 0) is 40.2 Å². The van der Waals surface area contributed by atoms with E-state index in [9.17, 15) is 5.26 Å². The van der Waals surface area contributed by atoms with Crippen LogP contribution in [-0.4, -0.2) is 4.98 Å². The van der Waals surface area contributed by atoms with Crippen molar-refractivity contribution in [2.75, 3.05) is 5.73 Å². The number of aromatic nitrogens is 1. The summed E-state index contributed by atoms with van der Waals surface area (Å²) in [6.07, 6.45) is 0. The number of nitrogens with zero attached hydrogens (tertiary/aromatic N) is 2. The number of hydrogen-bond acceptors (Lipinski definition) is 4. The lowest BCUT2D eigenvalue weighted by Crippen LogP contribution is -1.99. The van der Waals surface area contributed by atoms with Gasteiger partial charge in [0.2, 0.25) is 0 Å². The van der Waals surface area contributed by atoms with Gasteiger partial charge in [-0.15, -0.1) is 11.3 Å². The van der Waals surface area contributed by atoms with Crippen molar-refractivity contribution in [2.24, 2.45) is 0 Å². The molecule has 0 spiro atoms. The normalized spacial score (nSPS) is 10.4. The Kier molecular flexibility index (Phi) is 4.30. The summed E-state index contributed by atoms with van der Waals surface area (Å²) in [7, 11) is 0. The minimum Gasteiger partial charge on any atom is -0.383 e. The standard InChI is InChI=1S/C16H9Br2N3S/c17-12-4-2-1-3-9(12)13-7-10(11(8-19)16(20)21-13)14-5-6-15(18)22-14/h1-7H,(H2,20,21). The number of nitriles is 1. The molecule has 0 aliphatic rings. The average Bonchev–Trinajstić information content (AvgIpc) is 2.93. The molecule has 3 nitrogen and oxygen atoms in total. The van der Waals surface area contributed by atoms with Crippen LogP contribution >= 0.6 is 43.2 Å². The molecule has 6 heteroatoms. The summed E-state index contributed by atoms with van der Waals surface area (Å²) < 4.78 is 1.94. The Morgan fingerprint density at radius 2 is 1.86 bits per heavy atom. The molecule has 1 aromatic carbocycles. The molecule has 0 fully saturated rings. The van der Waals surface area contributed by atoms with Crippen LogP contribution in [0.15, 0.2) is 50.7 Å². The number of benzene rings is 1. The lowest BCUT2D eigenvalue weighted by Gasteiger charge is -2.10. The molecule has 3 aromatic rings. The van der Waals surface area contributed by atoms with Gasteiger partial charge in [-0.2, -0.15) is 5.26 Å². The monoisotopic (exact) mass is 433 g/mol. The molecule has 0 aliphatic heterocycles. The minimum atomic E-state index is 0.246. The van der Waals surface area contributed by atoms with E-state index in [2.05, 4.69) is 42.9 Å². The fourth-order valence-corrected chi connectivity index (χ4v) is 4.04. The summed E-state index contributed by atoms with van der Waals surface area (Å²) >= 11 is 8.54. The molecular formula is C16H9Br2N3S. The molecule has 0 bridgehead atoms. The second-order valence-corrected chi connectivity index (χ2v) is 7.83. The Morgan fingerprint density at radius 3 is 2.50 bits per heavy atom. The van der Waals surface area contributed by atoms with Crippen LogP contribution in [-0.2, 0) is 0 Å². The molecular weight excluding hydrogens is 426 g/mol. The molecule has 22 heavy (non-hydrogen) atoms. The quantitative estimate of drug-likeness (QED) is 0.582. The number of anilines is 1. The van der Waals surface area contributed by atoms with Gasteiger partial charge in [0.05, 0.1) is 9.48 Å². The molecule has 2 N–H and O–H groups in total. The second-order valence-electron chi connectivity index (χ2n) is 4.51. The summed E-state index contributed by atoms with van der Waals surface area (Å²) in [5, 5.41) is 9.40. The molecule has 2 aromatic heterocycles. The lowest BCUT2D eigenvalue weighted by atomic mass is 10.0. The SMILES string of the molecule is N#Cc1c(-c2ccc(Br)s2)cc(-c2ccccc2Br)nc1N. The summed E-state index contributed by atoms with van der Waals surface area (Å²) in [4.78, 5) is 5.36. The molecule has 0 saturated carbocycles. The van der Waals surface area contributed by atoms with Gasteiger partial charge in [-0.25, -0.2) is 4.98 Å². The van der Waals surface area contributed by atoms with Gasteiger partial charge in [0.25, 0.3) is 0 Å². The van der Waals surface area contributed by atoms with Crippen LogP contribution in [0, 0.1) is 11.3 Å². The highest BCUT2D eigenvalue weighted by molar-refractivity contribution is 9.11. The summed E-state index contributed by atoms with van der Waals surface area (Å²) in [5.41, 5.74) is 8.90. The average molecular weight is 435 g/mol. The van der Waals surface area contributed by atoms with Crippen LogP contribution < -0.4 is 5.73 Å². The number of rotatable bonds is 2. The van der Waals surface area contributed by atoms with Crippen molar-refractivity contribution in [1.82, 2.24) is 4.98 Å². The Labute approximate surface area is 148 Å². The fourth-order valence-electron chi connectivity index (χ4n) is 2.14. The molecule has 2 heterocycles. The number of hydrogen-bond donors (Lipinski definition) is 1. The highest BCUT2D eigenvalue weighted by Gasteiger charge is 2.15. The zero-order valence-corrected chi connectivity index (χ0v) is 15.2. The van der Waals surface area contributed by atoms with Gasteiger partial charge < -0.3 is 5.73 Å². The Bertz CT molecular complexity index is 897. The van der Waals surface area contributed by atoms with Crippen molar-refractivity contribution >= 4 is 49.0 Å². The van der Waals surface area contributed by atoms with E-state index in [4.69, 9.17) is 5.73 Å². The largest absolute Gasteiger partial charge is 0.383 e. The Hall–Kier alpha value is -1.68. The van der Waals surface area contributed by atoms with E-state index >= 15 is 0 Å². The number of pyridine rings is 1. The number of halogens is 2. The van der Waals surface area contributed by atoms with Crippen LogP contribution in [0.1, 0.15) is 5.56 Å². The van der Waals surface area contributed by atoms with Gasteiger partial charge in [-0.3, -0.25) is 0 Å². The molecule has 0 atom stereocenters. The van der Waals surface area contributed by atoms with Crippen molar-refractivity contribution < 1.29 is 0 Å². The Morgan fingerprint density at radius 1 is 1.09 bits per heavy atom. The van der Waals surface area contributed by atoms with Crippen molar-refractivity contribution in [3.63, 3.8) is 0 Å². The first-order chi connectivity index (χ1) is 10.6. The summed E-state index contributed by atoms with van der Waals surface area (Å²) in [6.45, 7) is 0. The fraction of sp³-hybridized carbons (Fsp3) is 0. The van der Waals surface area contributed by atoms with Crippen molar-refractivity contribution in [2.45, 2.75) is 0 Å². The number of thiophene rings is 1. The van der Waals surface area contributed by atoms with Crippen molar-refractivity contribution in [3.8, 4) is 27.8 Å². The minimum absolute atomic E-state index is 0.246. The van der Waals surface area contributed by atoms with Gasteiger partial charge in [0.1, 0.15) is 17.5 Å². The Balaban J connectivity index is 2.26. The van der Waals surface area contributed by atoms with Gasteiger partial charge in [-0.1, -0.05) is 34.1 Å². The maximum atomic E-state index is 9.40. The molecule has 0 unspecified atom stereocenters. The van der Waals surface area contributed by atoms with Crippen molar-refractivity contribution in [3.05, 3.63) is 56.3 Å². The molecule has 0 aliphatic carbocycles. The third-order valence-corrected chi connectivity index (χ3v) is 5.50.